The van der Waals surface area contributed by atoms with E-state index in [1.54, 1.807) is 6.07 Å². The van der Waals surface area contributed by atoms with Gasteiger partial charge in [-0.05, 0) is 6.07 Å². The van der Waals surface area contributed by atoms with Gasteiger partial charge in [-0.2, -0.15) is 0 Å². The summed E-state index contributed by atoms with van der Waals surface area (Å²) < 4.78 is 0. The SMILES string of the molecule is CC(C)C(=O)NCCNC(=O)c1cc(Cl)c[nH]1. The Balaban J connectivity index is 2.23. The molecular formula is C11H16ClN3O2. The first-order valence-corrected chi connectivity index (χ1v) is 5.78. The summed E-state index contributed by atoms with van der Waals surface area (Å²) in [5.41, 5.74) is 0.408. The van der Waals surface area contributed by atoms with E-state index < -0.39 is 0 Å². The molecule has 0 fully saturated rings. The number of rotatable bonds is 5. The molecule has 1 aromatic rings. The summed E-state index contributed by atoms with van der Waals surface area (Å²) in [5, 5.41) is 5.86. The van der Waals surface area contributed by atoms with Crippen LogP contribution in [0.3, 0.4) is 0 Å². The Kier molecular flexibility index (Phi) is 5.03. The van der Waals surface area contributed by atoms with E-state index in [0.29, 0.717) is 23.8 Å². The van der Waals surface area contributed by atoms with Crippen molar-refractivity contribution in [3.63, 3.8) is 0 Å². The minimum Gasteiger partial charge on any atom is -0.356 e. The average Bonchev–Trinajstić information content (AvgIpc) is 2.70. The van der Waals surface area contributed by atoms with Crippen LogP contribution in [0.5, 0.6) is 0 Å². The molecule has 0 aliphatic rings. The molecule has 2 amide bonds. The lowest BCUT2D eigenvalue weighted by molar-refractivity contribution is -0.123. The summed E-state index contributed by atoms with van der Waals surface area (Å²) in [7, 11) is 0. The molecule has 0 atom stereocenters. The van der Waals surface area contributed by atoms with Gasteiger partial charge in [-0.3, -0.25) is 9.59 Å². The van der Waals surface area contributed by atoms with Crippen LogP contribution < -0.4 is 10.6 Å². The van der Waals surface area contributed by atoms with Gasteiger partial charge < -0.3 is 15.6 Å². The number of hydrogen-bond acceptors (Lipinski definition) is 2. The minimum atomic E-state index is -0.240. The summed E-state index contributed by atoms with van der Waals surface area (Å²) >= 11 is 5.67. The predicted octanol–water partition coefficient (Wildman–Crippen LogP) is 1.17. The second kappa shape index (κ2) is 6.30. The number of carbonyl (C=O) groups excluding carboxylic acids is 2. The van der Waals surface area contributed by atoms with E-state index in [2.05, 4.69) is 15.6 Å². The molecule has 0 saturated heterocycles. The predicted molar refractivity (Wildman–Crippen MR) is 66.0 cm³/mol. The van der Waals surface area contributed by atoms with Gasteiger partial charge in [0.15, 0.2) is 0 Å². The van der Waals surface area contributed by atoms with Gasteiger partial charge in [-0.25, -0.2) is 0 Å². The molecular weight excluding hydrogens is 242 g/mol. The zero-order valence-electron chi connectivity index (χ0n) is 9.84. The van der Waals surface area contributed by atoms with Gasteiger partial charge in [0, 0.05) is 25.2 Å². The molecule has 0 unspecified atom stereocenters. The minimum absolute atomic E-state index is 0.0258. The van der Waals surface area contributed by atoms with E-state index in [-0.39, 0.29) is 17.7 Å². The Bertz CT molecular complexity index is 401. The molecule has 0 aliphatic heterocycles. The van der Waals surface area contributed by atoms with Crippen LogP contribution in [0.2, 0.25) is 5.02 Å². The van der Waals surface area contributed by atoms with E-state index in [4.69, 9.17) is 11.6 Å². The summed E-state index contributed by atoms with van der Waals surface area (Å²) in [6, 6.07) is 1.55. The van der Waals surface area contributed by atoms with Crippen molar-refractivity contribution in [2.75, 3.05) is 13.1 Å². The van der Waals surface area contributed by atoms with Crippen LogP contribution in [0.4, 0.5) is 0 Å². The zero-order valence-corrected chi connectivity index (χ0v) is 10.6. The van der Waals surface area contributed by atoms with Crippen LogP contribution in [-0.2, 0) is 4.79 Å². The highest BCUT2D eigenvalue weighted by Gasteiger charge is 2.08. The Morgan fingerprint density at radius 3 is 2.53 bits per heavy atom. The highest BCUT2D eigenvalue weighted by molar-refractivity contribution is 6.30. The molecule has 0 radical (unpaired) electrons. The molecule has 0 aromatic carbocycles. The van der Waals surface area contributed by atoms with E-state index in [9.17, 15) is 9.59 Å². The number of nitrogens with one attached hydrogen (secondary N) is 3. The van der Waals surface area contributed by atoms with Crippen molar-refractivity contribution in [1.82, 2.24) is 15.6 Å². The largest absolute Gasteiger partial charge is 0.356 e. The topological polar surface area (TPSA) is 74.0 Å². The standard InChI is InChI=1S/C11H16ClN3O2/c1-7(2)10(16)13-3-4-14-11(17)9-5-8(12)6-15-9/h5-7,15H,3-4H2,1-2H3,(H,13,16)(H,14,17). The second-order valence-electron chi connectivity index (χ2n) is 3.93. The number of H-pyrrole nitrogens is 1. The molecule has 1 heterocycles. The first kappa shape index (κ1) is 13.6. The molecule has 1 rings (SSSR count). The number of aromatic nitrogens is 1. The first-order chi connectivity index (χ1) is 8.00. The fourth-order valence-electron chi connectivity index (χ4n) is 1.16. The third-order valence-electron chi connectivity index (χ3n) is 2.13. The molecule has 0 saturated carbocycles. The number of halogens is 1. The van der Waals surface area contributed by atoms with Crippen molar-refractivity contribution in [3.05, 3.63) is 23.0 Å². The molecule has 3 N–H and O–H groups in total. The molecule has 6 heteroatoms. The molecule has 0 bridgehead atoms. The van der Waals surface area contributed by atoms with Crippen LogP contribution >= 0.6 is 11.6 Å². The van der Waals surface area contributed by atoms with Crippen LogP contribution in [0, 0.1) is 5.92 Å². The van der Waals surface area contributed by atoms with E-state index in [1.807, 2.05) is 13.8 Å². The second-order valence-corrected chi connectivity index (χ2v) is 4.37. The van der Waals surface area contributed by atoms with Crippen LogP contribution in [0.1, 0.15) is 24.3 Å². The highest BCUT2D eigenvalue weighted by Crippen LogP contribution is 2.08. The Labute approximate surface area is 105 Å². The van der Waals surface area contributed by atoms with Crippen molar-refractivity contribution in [2.45, 2.75) is 13.8 Å². The van der Waals surface area contributed by atoms with E-state index >= 15 is 0 Å². The lowest BCUT2D eigenvalue weighted by atomic mass is 10.2. The van der Waals surface area contributed by atoms with Crippen molar-refractivity contribution < 1.29 is 9.59 Å². The van der Waals surface area contributed by atoms with Crippen molar-refractivity contribution in [1.29, 1.82) is 0 Å². The van der Waals surface area contributed by atoms with Gasteiger partial charge in [-0.1, -0.05) is 25.4 Å². The monoisotopic (exact) mass is 257 g/mol. The van der Waals surface area contributed by atoms with Gasteiger partial charge in [0.25, 0.3) is 5.91 Å². The number of aromatic amines is 1. The van der Waals surface area contributed by atoms with Gasteiger partial charge in [0.05, 0.1) is 5.02 Å². The zero-order chi connectivity index (χ0) is 12.8. The molecule has 17 heavy (non-hydrogen) atoms. The summed E-state index contributed by atoms with van der Waals surface area (Å²) in [5.74, 6) is -0.314. The van der Waals surface area contributed by atoms with Gasteiger partial charge in [-0.15, -0.1) is 0 Å². The maximum atomic E-state index is 11.5. The van der Waals surface area contributed by atoms with Crippen LogP contribution in [-0.4, -0.2) is 29.9 Å². The Morgan fingerprint density at radius 1 is 1.35 bits per heavy atom. The van der Waals surface area contributed by atoms with Crippen LogP contribution in [0.15, 0.2) is 12.3 Å². The third-order valence-corrected chi connectivity index (χ3v) is 2.34. The molecule has 0 aliphatic carbocycles. The summed E-state index contributed by atoms with van der Waals surface area (Å²) in [4.78, 5) is 25.5. The van der Waals surface area contributed by atoms with Gasteiger partial charge >= 0.3 is 0 Å². The molecule has 0 spiro atoms. The van der Waals surface area contributed by atoms with E-state index in [1.165, 1.54) is 6.20 Å². The maximum Gasteiger partial charge on any atom is 0.267 e. The molecule has 5 nitrogen and oxygen atoms in total. The average molecular weight is 258 g/mol. The van der Waals surface area contributed by atoms with Gasteiger partial charge in [0.1, 0.15) is 5.69 Å². The number of amides is 2. The lowest BCUT2D eigenvalue weighted by Crippen LogP contribution is -2.36. The summed E-state index contributed by atoms with van der Waals surface area (Å²) in [6.45, 7) is 4.43. The maximum absolute atomic E-state index is 11.5. The fourth-order valence-corrected chi connectivity index (χ4v) is 1.32. The van der Waals surface area contributed by atoms with Crippen molar-refractivity contribution in [2.24, 2.45) is 5.92 Å². The summed E-state index contributed by atoms with van der Waals surface area (Å²) in [6.07, 6.45) is 1.54. The number of hydrogen-bond donors (Lipinski definition) is 3. The molecule has 1 aromatic heterocycles. The Morgan fingerprint density at radius 2 is 2.00 bits per heavy atom. The van der Waals surface area contributed by atoms with E-state index in [0.717, 1.165) is 0 Å². The third kappa shape index (κ3) is 4.48. The quantitative estimate of drug-likeness (QED) is 0.693. The Hall–Kier alpha value is -1.49. The van der Waals surface area contributed by atoms with Gasteiger partial charge in [0.2, 0.25) is 5.91 Å². The lowest BCUT2D eigenvalue weighted by Gasteiger charge is -2.08. The van der Waals surface area contributed by atoms with Crippen molar-refractivity contribution in [3.8, 4) is 0 Å². The van der Waals surface area contributed by atoms with Crippen LogP contribution in [0.25, 0.3) is 0 Å². The van der Waals surface area contributed by atoms with Crippen molar-refractivity contribution >= 4 is 23.4 Å². The smallest absolute Gasteiger partial charge is 0.267 e. The first-order valence-electron chi connectivity index (χ1n) is 5.40. The number of carbonyl (C=O) groups is 2. The highest BCUT2D eigenvalue weighted by atomic mass is 35.5. The molecule has 94 valence electrons. The normalized spacial score (nSPS) is 10.4. The fraction of sp³-hybridized carbons (Fsp3) is 0.455.